The maximum Gasteiger partial charge on any atom is 0.262 e. The third-order valence-electron chi connectivity index (χ3n) is 6.56. The SMILES string of the molecule is CCOc1ccc(S(=O)(=O)N2CCN(C)CC2)cc1-c1nc2c(c(-c3ccccc3)nn2CC)c(=O)[nH]1. The molecule has 11 heteroatoms. The zero-order valence-electron chi connectivity index (χ0n) is 21.1. The Morgan fingerprint density at radius 1 is 1.03 bits per heavy atom. The van der Waals surface area contributed by atoms with E-state index in [4.69, 9.17) is 9.72 Å². The molecule has 0 radical (unpaired) electrons. The van der Waals surface area contributed by atoms with Crippen LogP contribution in [-0.2, 0) is 16.6 Å². The maximum absolute atomic E-state index is 13.4. The zero-order valence-corrected chi connectivity index (χ0v) is 22.0. The minimum absolute atomic E-state index is 0.132. The molecule has 1 aliphatic rings. The summed E-state index contributed by atoms with van der Waals surface area (Å²) in [5.41, 5.74) is 1.84. The van der Waals surface area contributed by atoms with Gasteiger partial charge in [-0.05, 0) is 39.1 Å². The topological polar surface area (TPSA) is 113 Å². The van der Waals surface area contributed by atoms with Crippen molar-refractivity contribution in [3.8, 4) is 28.4 Å². The molecule has 0 bridgehead atoms. The molecule has 1 fully saturated rings. The molecule has 0 unspecified atom stereocenters. The number of aromatic amines is 1. The lowest BCUT2D eigenvalue weighted by molar-refractivity contribution is 0.222. The molecule has 37 heavy (non-hydrogen) atoms. The largest absolute Gasteiger partial charge is 0.493 e. The summed E-state index contributed by atoms with van der Waals surface area (Å²) >= 11 is 0. The number of sulfonamides is 1. The summed E-state index contributed by atoms with van der Waals surface area (Å²) < 4.78 is 35.9. The lowest BCUT2D eigenvalue weighted by Gasteiger charge is -2.31. The summed E-state index contributed by atoms with van der Waals surface area (Å²) in [6, 6.07) is 14.2. The van der Waals surface area contributed by atoms with Crippen molar-refractivity contribution in [3.05, 3.63) is 58.9 Å². The van der Waals surface area contributed by atoms with Crippen molar-refractivity contribution in [3.63, 3.8) is 0 Å². The Bertz CT molecular complexity index is 1590. The number of piperazine rings is 1. The number of nitrogens with one attached hydrogen (secondary N) is 1. The fraction of sp³-hybridized carbons (Fsp3) is 0.346. The summed E-state index contributed by atoms with van der Waals surface area (Å²) in [5.74, 6) is 0.666. The van der Waals surface area contributed by atoms with Crippen molar-refractivity contribution < 1.29 is 13.2 Å². The molecule has 4 aromatic rings. The fourth-order valence-electron chi connectivity index (χ4n) is 4.54. The summed E-state index contributed by atoms with van der Waals surface area (Å²) in [7, 11) is -1.76. The smallest absolute Gasteiger partial charge is 0.262 e. The van der Waals surface area contributed by atoms with Crippen LogP contribution in [0.4, 0.5) is 0 Å². The van der Waals surface area contributed by atoms with Gasteiger partial charge in [0.25, 0.3) is 5.56 Å². The maximum atomic E-state index is 13.4. The first-order valence-corrected chi connectivity index (χ1v) is 13.8. The lowest BCUT2D eigenvalue weighted by Crippen LogP contribution is -2.47. The van der Waals surface area contributed by atoms with E-state index >= 15 is 0 Å². The van der Waals surface area contributed by atoms with E-state index in [9.17, 15) is 13.2 Å². The van der Waals surface area contributed by atoms with Gasteiger partial charge in [-0.15, -0.1) is 0 Å². The molecule has 1 N–H and O–H groups in total. The van der Waals surface area contributed by atoms with Gasteiger partial charge >= 0.3 is 0 Å². The third kappa shape index (κ3) is 4.65. The number of fused-ring (bicyclic) bond motifs is 1. The first-order chi connectivity index (χ1) is 17.8. The number of hydrogen-bond acceptors (Lipinski definition) is 7. The van der Waals surface area contributed by atoms with Crippen LogP contribution in [0.25, 0.3) is 33.7 Å². The number of hydrogen-bond donors (Lipinski definition) is 1. The molecule has 10 nitrogen and oxygen atoms in total. The molecule has 2 aromatic heterocycles. The van der Waals surface area contributed by atoms with E-state index in [2.05, 4.69) is 15.0 Å². The van der Waals surface area contributed by atoms with Crippen LogP contribution in [0, 0.1) is 0 Å². The first kappa shape index (κ1) is 25.1. The van der Waals surface area contributed by atoms with Crippen molar-refractivity contribution in [1.29, 1.82) is 0 Å². The highest BCUT2D eigenvalue weighted by atomic mass is 32.2. The Kier molecular flexibility index (Phi) is 6.84. The average Bonchev–Trinajstić information content (AvgIpc) is 3.29. The molecule has 5 rings (SSSR count). The van der Waals surface area contributed by atoms with Crippen LogP contribution in [0.2, 0.25) is 0 Å². The number of aryl methyl sites for hydroxylation is 1. The third-order valence-corrected chi connectivity index (χ3v) is 8.45. The predicted octanol–water partition coefficient (Wildman–Crippen LogP) is 2.81. The van der Waals surface area contributed by atoms with Gasteiger partial charge < -0.3 is 14.6 Å². The van der Waals surface area contributed by atoms with Crippen molar-refractivity contribution in [2.24, 2.45) is 0 Å². The van der Waals surface area contributed by atoms with E-state index in [0.717, 1.165) is 5.56 Å². The number of nitrogens with zero attached hydrogens (tertiary/aromatic N) is 5. The van der Waals surface area contributed by atoms with Gasteiger partial charge in [0.2, 0.25) is 10.0 Å². The van der Waals surface area contributed by atoms with Gasteiger partial charge in [-0.25, -0.2) is 18.1 Å². The first-order valence-electron chi connectivity index (χ1n) is 12.4. The van der Waals surface area contributed by atoms with Gasteiger partial charge in [-0.2, -0.15) is 9.40 Å². The fourth-order valence-corrected chi connectivity index (χ4v) is 5.99. The highest BCUT2D eigenvalue weighted by molar-refractivity contribution is 7.89. The number of rotatable bonds is 7. The van der Waals surface area contributed by atoms with Crippen LogP contribution in [0.3, 0.4) is 0 Å². The summed E-state index contributed by atoms with van der Waals surface area (Å²) in [6.07, 6.45) is 0. The van der Waals surface area contributed by atoms with Gasteiger partial charge in [0.05, 0.1) is 17.1 Å². The number of aromatic nitrogens is 4. The minimum atomic E-state index is -3.73. The Hall–Kier alpha value is -3.54. The van der Waals surface area contributed by atoms with Gasteiger partial charge in [-0.1, -0.05) is 30.3 Å². The molecule has 0 spiro atoms. The number of H-pyrrole nitrogens is 1. The van der Waals surface area contributed by atoms with Crippen LogP contribution in [0.1, 0.15) is 13.8 Å². The molecule has 0 atom stereocenters. The monoisotopic (exact) mass is 522 g/mol. The van der Waals surface area contributed by atoms with E-state index in [0.29, 0.717) is 67.4 Å². The van der Waals surface area contributed by atoms with Gasteiger partial charge in [0.15, 0.2) is 5.65 Å². The molecule has 3 heterocycles. The predicted molar refractivity (Wildman–Crippen MR) is 142 cm³/mol. The van der Waals surface area contributed by atoms with Crippen molar-refractivity contribution in [2.45, 2.75) is 25.3 Å². The van der Waals surface area contributed by atoms with Gasteiger partial charge in [0, 0.05) is 38.3 Å². The molecule has 0 amide bonds. The van der Waals surface area contributed by atoms with E-state index < -0.39 is 10.0 Å². The average molecular weight is 523 g/mol. The Labute approximate surface area is 215 Å². The summed E-state index contributed by atoms with van der Waals surface area (Å²) in [6.45, 7) is 6.82. The van der Waals surface area contributed by atoms with Crippen LogP contribution >= 0.6 is 0 Å². The quantitative estimate of drug-likeness (QED) is 0.397. The molecular weight excluding hydrogens is 492 g/mol. The van der Waals surface area contributed by atoms with Gasteiger partial charge in [-0.3, -0.25) is 4.79 Å². The van der Waals surface area contributed by atoms with E-state index in [1.165, 1.54) is 10.4 Å². The number of benzene rings is 2. The second kappa shape index (κ2) is 10.1. The normalized spacial score (nSPS) is 15.3. The van der Waals surface area contributed by atoms with Gasteiger partial charge in [0.1, 0.15) is 22.7 Å². The van der Waals surface area contributed by atoms with E-state index in [1.54, 1.807) is 16.8 Å². The molecule has 1 aliphatic heterocycles. The van der Waals surface area contributed by atoms with Crippen molar-refractivity contribution in [1.82, 2.24) is 29.0 Å². The van der Waals surface area contributed by atoms with Crippen LogP contribution in [0.5, 0.6) is 5.75 Å². The van der Waals surface area contributed by atoms with Crippen molar-refractivity contribution in [2.75, 3.05) is 39.8 Å². The van der Waals surface area contributed by atoms with Crippen LogP contribution in [-0.4, -0.2) is 77.2 Å². The lowest BCUT2D eigenvalue weighted by atomic mass is 10.1. The Balaban J connectivity index is 1.66. The minimum Gasteiger partial charge on any atom is -0.493 e. The van der Waals surface area contributed by atoms with Crippen molar-refractivity contribution >= 4 is 21.1 Å². The number of likely N-dealkylation sites (N-methyl/N-ethyl adjacent to an activating group) is 1. The Morgan fingerprint density at radius 3 is 2.43 bits per heavy atom. The van der Waals surface area contributed by atoms with Crippen LogP contribution in [0.15, 0.2) is 58.2 Å². The molecule has 0 aliphatic carbocycles. The molecule has 194 valence electrons. The Morgan fingerprint density at radius 2 is 1.76 bits per heavy atom. The zero-order chi connectivity index (χ0) is 26.2. The molecule has 1 saturated heterocycles. The highest BCUT2D eigenvalue weighted by Gasteiger charge is 2.29. The molecular formula is C26H30N6O4S. The second-order valence-electron chi connectivity index (χ2n) is 8.94. The summed E-state index contributed by atoms with van der Waals surface area (Å²) in [4.78, 5) is 23.3. The summed E-state index contributed by atoms with van der Waals surface area (Å²) in [5, 5.41) is 5.04. The number of ether oxygens (including phenoxy) is 1. The second-order valence-corrected chi connectivity index (χ2v) is 10.9. The van der Waals surface area contributed by atoms with E-state index in [1.807, 2.05) is 51.2 Å². The van der Waals surface area contributed by atoms with Crippen LogP contribution < -0.4 is 10.3 Å². The molecule has 2 aromatic carbocycles. The standard InChI is InChI=1S/C26H30N6O4S/c1-4-32-25-22(23(29-32)18-9-7-6-8-10-18)26(33)28-24(27-25)20-17-19(11-12-21(20)36-5-2)37(34,35)31-15-13-30(3)14-16-31/h6-12,17H,4-5,13-16H2,1-3H3,(H,27,28,33). The highest BCUT2D eigenvalue weighted by Crippen LogP contribution is 2.33. The molecule has 0 saturated carbocycles. The van der Waals surface area contributed by atoms with E-state index in [-0.39, 0.29) is 16.3 Å².